The van der Waals surface area contributed by atoms with Gasteiger partial charge in [-0.25, -0.2) is 4.79 Å². The van der Waals surface area contributed by atoms with Gasteiger partial charge in [-0.15, -0.1) is 21.5 Å². The zero-order chi connectivity index (χ0) is 17.1. The van der Waals surface area contributed by atoms with Gasteiger partial charge >= 0.3 is 5.97 Å². The Morgan fingerprint density at radius 1 is 1.12 bits per heavy atom. The Morgan fingerprint density at radius 2 is 1.88 bits per heavy atom. The zero-order valence-electron chi connectivity index (χ0n) is 13.7. The molecule has 0 unspecified atom stereocenters. The largest absolute Gasteiger partial charge is 0.449 e. The van der Waals surface area contributed by atoms with Gasteiger partial charge in [-0.1, -0.05) is 32.0 Å². The molecule has 0 N–H and O–H groups in total. The first-order valence-corrected chi connectivity index (χ1v) is 8.61. The molecule has 0 amide bonds. The van der Waals surface area contributed by atoms with Crippen LogP contribution in [0, 0.1) is 0 Å². The van der Waals surface area contributed by atoms with Crippen LogP contribution in [-0.2, 0) is 4.74 Å². The summed E-state index contributed by atoms with van der Waals surface area (Å²) in [4.78, 5) is 13.1. The van der Waals surface area contributed by atoms with Crippen LogP contribution in [0.5, 0.6) is 0 Å². The van der Waals surface area contributed by atoms with Crippen molar-refractivity contribution in [2.24, 2.45) is 0 Å². The van der Waals surface area contributed by atoms with E-state index in [1.807, 2.05) is 29.6 Å². The van der Waals surface area contributed by atoms with Crippen molar-refractivity contribution in [2.75, 3.05) is 0 Å². The first kappa shape index (κ1) is 16.4. The molecule has 124 valence electrons. The molecule has 3 aromatic rings. The Kier molecular flexibility index (Phi) is 4.76. The number of aromatic nitrogens is 2. The number of hydrogen-bond acceptors (Lipinski definition) is 6. The van der Waals surface area contributed by atoms with Crippen molar-refractivity contribution in [1.82, 2.24) is 10.2 Å². The van der Waals surface area contributed by atoms with Crippen LogP contribution in [0.4, 0.5) is 0 Å². The first-order valence-electron chi connectivity index (χ1n) is 7.73. The Hall–Kier alpha value is -2.47. The lowest BCUT2D eigenvalue weighted by Crippen LogP contribution is -2.09. The number of ether oxygens (including phenoxy) is 1. The Balaban J connectivity index is 1.68. The number of rotatable bonds is 5. The Labute approximate surface area is 144 Å². The average molecular weight is 342 g/mol. The third-order valence-corrected chi connectivity index (χ3v) is 4.48. The molecule has 0 aliphatic rings. The van der Waals surface area contributed by atoms with Crippen molar-refractivity contribution in [3.8, 4) is 10.8 Å². The fraction of sp³-hybridized carbons (Fsp3) is 0.278. The third-order valence-electron chi connectivity index (χ3n) is 3.62. The predicted molar refractivity (Wildman–Crippen MR) is 92.0 cm³/mol. The molecule has 1 atom stereocenters. The predicted octanol–water partition coefficient (Wildman–Crippen LogP) is 4.84. The lowest BCUT2D eigenvalue weighted by Gasteiger charge is -2.10. The molecular formula is C18H18N2O3S. The van der Waals surface area contributed by atoms with Gasteiger partial charge in [0.2, 0.25) is 0 Å². The topological polar surface area (TPSA) is 65.2 Å². The summed E-state index contributed by atoms with van der Waals surface area (Å²) < 4.78 is 11.0. The van der Waals surface area contributed by atoms with Gasteiger partial charge in [0.15, 0.2) is 6.10 Å². The molecule has 24 heavy (non-hydrogen) atoms. The number of nitrogens with zero attached hydrogens (tertiary/aromatic N) is 2. The second-order valence-corrected chi connectivity index (χ2v) is 6.69. The fourth-order valence-corrected chi connectivity index (χ4v) is 2.83. The van der Waals surface area contributed by atoms with Crippen molar-refractivity contribution in [1.29, 1.82) is 0 Å². The molecule has 0 aliphatic carbocycles. The molecule has 2 aromatic heterocycles. The summed E-state index contributed by atoms with van der Waals surface area (Å²) in [7, 11) is 0. The van der Waals surface area contributed by atoms with Gasteiger partial charge in [0, 0.05) is 0 Å². The van der Waals surface area contributed by atoms with Crippen LogP contribution in [0.3, 0.4) is 0 Å². The minimum absolute atomic E-state index is 0.283. The number of carbonyl (C=O) groups is 1. The van der Waals surface area contributed by atoms with E-state index in [9.17, 15) is 4.79 Å². The summed E-state index contributed by atoms with van der Waals surface area (Å²) in [5.41, 5.74) is 1.68. The van der Waals surface area contributed by atoms with Crippen LogP contribution < -0.4 is 0 Å². The molecule has 0 saturated carbocycles. The van der Waals surface area contributed by atoms with E-state index < -0.39 is 12.1 Å². The quantitative estimate of drug-likeness (QED) is 0.621. The van der Waals surface area contributed by atoms with Crippen LogP contribution in [0.2, 0.25) is 0 Å². The highest BCUT2D eigenvalue weighted by Crippen LogP contribution is 2.26. The lowest BCUT2D eigenvalue weighted by molar-refractivity contribution is 0.0280. The number of esters is 1. The highest BCUT2D eigenvalue weighted by Gasteiger charge is 2.20. The van der Waals surface area contributed by atoms with Crippen LogP contribution in [0.15, 0.2) is 46.2 Å². The van der Waals surface area contributed by atoms with Gasteiger partial charge in [0.05, 0.1) is 10.4 Å². The first-order chi connectivity index (χ1) is 11.5. The van der Waals surface area contributed by atoms with Gasteiger partial charge < -0.3 is 9.15 Å². The molecule has 0 fully saturated rings. The van der Waals surface area contributed by atoms with Crippen molar-refractivity contribution in [3.05, 3.63) is 58.8 Å². The summed E-state index contributed by atoms with van der Waals surface area (Å²) in [5.74, 6) is 0.728. The van der Waals surface area contributed by atoms with E-state index in [0.717, 1.165) is 4.88 Å². The average Bonchev–Trinajstić information content (AvgIpc) is 3.26. The van der Waals surface area contributed by atoms with E-state index in [2.05, 4.69) is 24.0 Å². The molecule has 2 heterocycles. The summed E-state index contributed by atoms with van der Waals surface area (Å²) in [6.45, 7) is 5.93. The number of hydrogen-bond donors (Lipinski definition) is 0. The fourth-order valence-electron chi connectivity index (χ4n) is 2.18. The van der Waals surface area contributed by atoms with E-state index in [1.165, 1.54) is 16.9 Å². The SMILES string of the molecule is CC(C)c1ccc(C(=O)O[C@H](C)c2nnc(-c3cccs3)o2)cc1. The zero-order valence-corrected chi connectivity index (χ0v) is 14.5. The van der Waals surface area contributed by atoms with E-state index in [-0.39, 0.29) is 5.89 Å². The minimum Gasteiger partial charge on any atom is -0.449 e. The summed E-state index contributed by atoms with van der Waals surface area (Å²) in [6, 6.07) is 11.2. The smallest absolute Gasteiger partial charge is 0.338 e. The highest BCUT2D eigenvalue weighted by atomic mass is 32.1. The molecule has 6 heteroatoms. The van der Waals surface area contributed by atoms with E-state index in [1.54, 1.807) is 19.1 Å². The van der Waals surface area contributed by atoms with Crippen LogP contribution in [0.1, 0.15) is 54.6 Å². The van der Waals surface area contributed by atoms with Crippen molar-refractivity contribution in [2.45, 2.75) is 32.8 Å². The number of thiophene rings is 1. The Bertz CT molecular complexity index is 807. The molecule has 0 radical (unpaired) electrons. The third kappa shape index (κ3) is 3.54. The van der Waals surface area contributed by atoms with Gasteiger partial charge in [-0.05, 0) is 42.0 Å². The van der Waals surface area contributed by atoms with Crippen molar-refractivity contribution < 1.29 is 13.9 Å². The van der Waals surface area contributed by atoms with Crippen LogP contribution in [0.25, 0.3) is 10.8 Å². The monoisotopic (exact) mass is 342 g/mol. The maximum Gasteiger partial charge on any atom is 0.338 e. The van der Waals surface area contributed by atoms with E-state index in [0.29, 0.717) is 17.4 Å². The standard InChI is InChI=1S/C18H18N2O3S/c1-11(2)13-6-8-14(9-7-13)18(21)22-12(3)16-19-20-17(23-16)15-5-4-10-24-15/h4-12H,1-3H3/t12-/m1/s1. The van der Waals surface area contributed by atoms with Gasteiger partial charge in [0.25, 0.3) is 11.8 Å². The molecular weight excluding hydrogens is 324 g/mol. The normalized spacial score (nSPS) is 12.3. The molecule has 0 aliphatic heterocycles. The van der Waals surface area contributed by atoms with Gasteiger partial charge in [0.1, 0.15) is 0 Å². The van der Waals surface area contributed by atoms with Crippen LogP contribution >= 0.6 is 11.3 Å². The van der Waals surface area contributed by atoms with Crippen molar-refractivity contribution >= 4 is 17.3 Å². The molecule has 0 spiro atoms. The number of carbonyl (C=O) groups excluding carboxylic acids is 1. The summed E-state index contributed by atoms with van der Waals surface area (Å²) in [5, 5.41) is 9.90. The summed E-state index contributed by atoms with van der Waals surface area (Å²) >= 11 is 1.51. The van der Waals surface area contributed by atoms with Crippen molar-refractivity contribution in [3.63, 3.8) is 0 Å². The van der Waals surface area contributed by atoms with Crippen LogP contribution in [-0.4, -0.2) is 16.2 Å². The van der Waals surface area contributed by atoms with Gasteiger partial charge in [-0.3, -0.25) is 0 Å². The summed E-state index contributed by atoms with van der Waals surface area (Å²) in [6.07, 6.45) is -0.608. The Morgan fingerprint density at radius 3 is 2.50 bits per heavy atom. The molecule has 1 aromatic carbocycles. The minimum atomic E-state index is -0.608. The maximum atomic E-state index is 12.2. The van der Waals surface area contributed by atoms with E-state index in [4.69, 9.17) is 9.15 Å². The van der Waals surface area contributed by atoms with Gasteiger partial charge in [-0.2, -0.15) is 0 Å². The second kappa shape index (κ2) is 6.97. The molecule has 0 saturated heterocycles. The molecule has 3 rings (SSSR count). The molecule has 5 nitrogen and oxygen atoms in total. The number of benzene rings is 1. The second-order valence-electron chi connectivity index (χ2n) is 5.75. The maximum absolute atomic E-state index is 12.2. The molecule has 0 bridgehead atoms. The highest BCUT2D eigenvalue weighted by molar-refractivity contribution is 7.13. The lowest BCUT2D eigenvalue weighted by atomic mass is 10.0. The van der Waals surface area contributed by atoms with E-state index >= 15 is 0 Å².